The Hall–Kier alpha value is -1.84. The van der Waals surface area contributed by atoms with Gasteiger partial charge in [0.05, 0.1) is 18.8 Å². The van der Waals surface area contributed by atoms with Crippen molar-refractivity contribution in [2.24, 2.45) is 0 Å². The van der Waals surface area contributed by atoms with Crippen molar-refractivity contribution in [3.63, 3.8) is 0 Å². The standard InChI is InChI=1S/C18H26O4.C2H6/c1-3-4-5-6-13-21-17-11-9-16(10-12-17)18(20)22-14-7-8-15(2)19;1-2/h9-12H,3-8,13-14H2,1-2H3;1-2H3. The lowest BCUT2D eigenvalue weighted by molar-refractivity contribution is -0.117. The zero-order valence-corrected chi connectivity index (χ0v) is 15.6. The third-order valence-electron chi connectivity index (χ3n) is 3.26. The van der Waals surface area contributed by atoms with Crippen molar-refractivity contribution in [3.05, 3.63) is 29.8 Å². The summed E-state index contributed by atoms with van der Waals surface area (Å²) < 4.78 is 10.7. The first kappa shape index (κ1) is 22.2. The minimum Gasteiger partial charge on any atom is -0.494 e. The van der Waals surface area contributed by atoms with E-state index in [0.29, 0.717) is 25.0 Å². The Bertz CT molecular complexity index is 451. The van der Waals surface area contributed by atoms with Gasteiger partial charge in [0.2, 0.25) is 0 Å². The quantitative estimate of drug-likeness (QED) is 0.412. The first-order valence-electron chi connectivity index (χ1n) is 9.03. The van der Waals surface area contributed by atoms with E-state index in [-0.39, 0.29) is 18.4 Å². The van der Waals surface area contributed by atoms with Crippen molar-refractivity contribution < 1.29 is 19.1 Å². The third kappa shape index (κ3) is 10.8. The number of esters is 1. The second-order valence-electron chi connectivity index (χ2n) is 5.37. The van der Waals surface area contributed by atoms with E-state index in [1.54, 1.807) is 24.3 Å². The molecular weight excluding hydrogens is 304 g/mol. The second kappa shape index (κ2) is 14.7. The van der Waals surface area contributed by atoms with E-state index in [1.807, 2.05) is 13.8 Å². The summed E-state index contributed by atoms with van der Waals surface area (Å²) in [7, 11) is 0. The predicted molar refractivity (Wildman–Crippen MR) is 97.6 cm³/mol. The van der Waals surface area contributed by atoms with Gasteiger partial charge in [-0.05, 0) is 44.0 Å². The van der Waals surface area contributed by atoms with Crippen LogP contribution in [0.25, 0.3) is 0 Å². The summed E-state index contributed by atoms with van der Waals surface area (Å²) in [5.74, 6) is 0.513. The number of unbranched alkanes of at least 4 members (excludes halogenated alkanes) is 3. The molecule has 4 heteroatoms. The molecule has 0 unspecified atom stereocenters. The summed E-state index contributed by atoms with van der Waals surface area (Å²) in [5, 5.41) is 0. The van der Waals surface area contributed by atoms with Crippen LogP contribution >= 0.6 is 0 Å². The van der Waals surface area contributed by atoms with E-state index in [4.69, 9.17) is 9.47 Å². The monoisotopic (exact) mass is 336 g/mol. The van der Waals surface area contributed by atoms with Crippen LogP contribution in [0.15, 0.2) is 24.3 Å². The van der Waals surface area contributed by atoms with E-state index in [2.05, 4.69) is 6.92 Å². The number of Topliss-reactive ketones (excluding diaryl/α,β-unsaturated/α-hetero) is 1. The lowest BCUT2D eigenvalue weighted by Crippen LogP contribution is -2.07. The van der Waals surface area contributed by atoms with Gasteiger partial charge in [-0.25, -0.2) is 4.79 Å². The predicted octanol–water partition coefficient (Wildman–Crippen LogP) is 5.20. The lowest BCUT2D eigenvalue weighted by Gasteiger charge is -2.07. The second-order valence-corrected chi connectivity index (χ2v) is 5.37. The maximum absolute atomic E-state index is 11.8. The fourth-order valence-corrected chi connectivity index (χ4v) is 1.98. The van der Waals surface area contributed by atoms with Gasteiger partial charge in [0, 0.05) is 6.42 Å². The summed E-state index contributed by atoms with van der Waals surface area (Å²) in [6.45, 7) is 8.69. The number of rotatable bonds is 11. The van der Waals surface area contributed by atoms with E-state index in [9.17, 15) is 9.59 Å². The van der Waals surface area contributed by atoms with Crippen molar-refractivity contribution in [3.8, 4) is 5.75 Å². The lowest BCUT2D eigenvalue weighted by atomic mass is 10.2. The normalized spacial score (nSPS) is 9.67. The Morgan fingerprint density at radius 3 is 2.17 bits per heavy atom. The molecule has 0 atom stereocenters. The Balaban J connectivity index is 0.00000254. The summed E-state index contributed by atoms with van der Waals surface area (Å²) in [6, 6.07) is 6.97. The van der Waals surface area contributed by atoms with Gasteiger partial charge in [-0.15, -0.1) is 0 Å². The number of hydrogen-bond donors (Lipinski definition) is 0. The van der Waals surface area contributed by atoms with Crippen molar-refractivity contribution in [1.82, 2.24) is 0 Å². The van der Waals surface area contributed by atoms with Crippen molar-refractivity contribution in [2.75, 3.05) is 13.2 Å². The van der Waals surface area contributed by atoms with E-state index >= 15 is 0 Å². The van der Waals surface area contributed by atoms with Crippen LogP contribution in [0.5, 0.6) is 5.75 Å². The van der Waals surface area contributed by atoms with Crippen LogP contribution in [-0.4, -0.2) is 25.0 Å². The van der Waals surface area contributed by atoms with Gasteiger partial charge < -0.3 is 14.3 Å². The average Bonchev–Trinajstić information content (AvgIpc) is 2.60. The summed E-state index contributed by atoms with van der Waals surface area (Å²) in [5.41, 5.74) is 0.501. The smallest absolute Gasteiger partial charge is 0.338 e. The number of ether oxygens (including phenoxy) is 2. The topological polar surface area (TPSA) is 52.6 Å². The Kier molecular flexibility index (Phi) is 13.6. The molecule has 0 N–H and O–H groups in total. The highest BCUT2D eigenvalue weighted by Crippen LogP contribution is 2.14. The van der Waals surface area contributed by atoms with Crippen LogP contribution < -0.4 is 4.74 Å². The molecule has 0 spiro atoms. The third-order valence-corrected chi connectivity index (χ3v) is 3.26. The fourth-order valence-electron chi connectivity index (χ4n) is 1.98. The van der Waals surface area contributed by atoms with E-state index < -0.39 is 0 Å². The van der Waals surface area contributed by atoms with Crippen LogP contribution in [0, 0.1) is 0 Å². The van der Waals surface area contributed by atoms with E-state index in [0.717, 1.165) is 12.2 Å². The number of ketones is 1. The van der Waals surface area contributed by atoms with Crippen molar-refractivity contribution in [2.45, 2.75) is 66.2 Å². The molecule has 0 aromatic heterocycles. The van der Waals surface area contributed by atoms with Gasteiger partial charge >= 0.3 is 5.97 Å². The van der Waals surface area contributed by atoms with Gasteiger partial charge in [-0.2, -0.15) is 0 Å². The summed E-state index contributed by atoms with van der Waals surface area (Å²) >= 11 is 0. The minimum absolute atomic E-state index is 0.108. The first-order valence-corrected chi connectivity index (χ1v) is 9.03. The molecule has 0 aliphatic heterocycles. The molecular formula is C20H32O4. The molecule has 0 saturated carbocycles. The molecule has 4 nitrogen and oxygen atoms in total. The van der Waals surface area contributed by atoms with Gasteiger partial charge in [-0.1, -0.05) is 40.0 Å². The number of hydrogen-bond acceptors (Lipinski definition) is 4. The molecule has 136 valence electrons. The average molecular weight is 336 g/mol. The molecule has 0 saturated heterocycles. The van der Waals surface area contributed by atoms with Crippen molar-refractivity contribution in [1.29, 1.82) is 0 Å². The maximum Gasteiger partial charge on any atom is 0.338 e. The zero-order valence-electron chi connectivity index (χ0n) is 15.6. The number of carbonyl (C=O) groups excluding carboxylic acids is 2. The Labute approximate surface area is 146 Å². The van der Waals surface area contributed by atoms with Gasteiger partial charge in [0.25, 0.3) is 0 Å². The van der Waals surface area contributed by atoms with Crippen molar-refractivity contribution >= 4 is 11.8 Å². The van der Waals surface area contributed by atoms with E-state index in [1.165, 1.54) is 26.2 Å². The Morgan fingerprint density at radius 1 is 0.917 bits per heavy atom. The molecule has 1 aromatic carbocycles. The van der Waals surface area contributed by atoms with Crippen LogP contribution in [0.2, 0.25) is 0 Å². The fraction of sp³-hybridized carbons (Fsp3) is 0.600. The first-order chi connectivity index (χ1) is 11.6. The van der Waals surface area contributed by atoms with Crippen LogP contribution in [0.1, 0.15) is 76.6 Å². The molecule has 1 aromatic rings. The molecule has 0 bridgehead atoms. The highest BCUT2D eigenvalue weighted by Gasteiger charge is 2.07. The molecule has 0 fully saturated rings. The Morgan fingerprint density at radius 2 is 1.58 bits per heavy atom. The van der Waals surface area contributed by atoms with Crippen LogP contribution in [-0.2, 0) is 9.53 Å². The SMILES string of the molecule is CC.CCCCCCOc1ccc(C(=O)OCCCC(C)=O)cc1. The molecule has 0 radical (unpaired) electrons. The molecule has 0 amide bonds. The highest BCUT2D eigenvalue weighted by atomic mass is 16.5. The summed E-state index contributed by atoms with van der Waals surface area (Å²) in [4.78, 5) is 22.6. The largest absolute Gasteiger partial charge is 0.494 e. The number of benzene rings is 1. The van der Waals surface area contributed by atoms with Crippen LogP contribution in [0.3, 0.4) is 0 Å². The molecule has 1 rings (SSSR count). The van der Waals surface area contributed by atoms with Gasteiger partial charge in [0.15, 0.2) is 0 Å². The van der Waals surface area contributed by atoms with Gasteiger partial charge in [0.1, 0.15) is 11.5 Å². The molecule has 0 aliphatic rings. The maximum atomic E-state index is 11.8. The minimum atomic E-state index is -0.363. The zero-order chi connectivity index (χ0) is 18.2. The van der Waals surface area contributed by atoms with Gasteiger partial charge in [-0.3, -0.25) is 0 Å². The van der Waals surface area contributed by atoms with Crippen LogP contribution in [0.4, 0.5) is 0 Å². The molecule has 24 heavy (non-hydrogen) atoms. The molecule has 0 heterocycles. The highest BCUT2D eigenvalue weighted by molar-refractivity contribution is 5.89. The number of carbonyl (C=O) groups is 2. The molecule has 0 aliphatic carbocycles. The summed E-state index contributed by atoms with van der Waals surface area (Å²) in [6.07, 6.45) is 5.69.